The highest BCUT2D eigenvalue weighted by Crippen LogP contribution is 2.40. The van der Waals surface area contributed by atoms with E-state index in [9.17, 15) is 0 Å². The van der Waals surface area contributed by atoms with E-state index in [-0.39, 0.29) is 0 Å². The normalized spacial score (nSPS) is 12.1. The molecule has 3 heterocycles. The van der Waals surface area contributed by atoms with Gasteiger partial charge in [-0.25, -0.2) is 4.57 Å². The van der Waals surface area contributed by atoms with Crippen LogP contribution >= 0.6 is 0 Å². The van der Waals surface area contributed by atoms with Gasteiger partial charge in [0.1, 0.15) is 11.9 Å². The number of hydrogen-bond donors (Lipinski definition) is 0. The fraction of sp³-hybridized carbons (Fsp3) is 0.0769. The molecule has 0 atom stereocenters. The predicted octanol–water partition coefficient (Wildman–Crippen LogP) is 8.84. The van der Waals surface area contributed by atoms with Crippen LogP contribution in [0.1, 0.15) is 0 Å². The van der Waals surface area contributed by atoms with Gasteiger partial charge in [0.25, 0.3) is 0 Å². The summed E-state index contributed by atoms with van der Waals surface area (Å²) in [5.41, 5.74) is 8.35. The molecule has 4 heteroatoms. The van der Waals surface area contributed by atoms with Crippen LogP contribution < -0.4 is 4.57 Å². The zero-order valence-corrected chi connectivity index (χ0v) is 24.3. The maximum Gasteiger partial charge on any atom is 0.332 e. The molecule has 9 rings (SSSR count). The SMILES string of the molecule is Cn1c2ccc3ccccc3c2c2cccc(-c3ccnc(-c4cccc5c6c7ccccc7ccc6n(C)c45)[n+]3C)c21. The summed E-state index contributed by atoms with van der Waals surface area (Å²) in [5.74, 6) is 0.944. The van der Waals surface area contributed by atoms with Crippen molar-refractivity contribution in [2.45, 2.75) is 0 Å². The Balaban J connectivity index is 1.33. The molecular weight excluding hydrogens is 524 g/mol. The molecule has 0 radical (unpaired) electrons. The van der Waals surface area contributed by atoms with Crippen molar-refractivity contribution in [3.8, 4) is 22.6 Å². The fourth-order valence-electron chi connectivity index (χ4n) is 7.50. The minimum absolute atomic E-state index is 0.944. The molecule has 0 fully saturated rings. The number of rotatable bonds is 2. The van der Waals surface area contributed by atoms with E-state index in [0.717, 1.165) is 17.1 Å². The zero-order valence-electron chi connectivity index (χ0n) is 24.3. The Labute approximate surface area is 248 Å². The number of fused-ring (bicyclic) bond motifs is 10. The highest BCUT2D eigenvalue weighted by atomic mass is 15.0. The molecule has 204 valence electrons. The van der Waals surface area contributed by atoms with Crippen LogP contribution in [0.2, 0.25) is 0 Å². The lowest BCUT2D eigenvalue weighted by Gasteiger charge is -2.10. The number of hydrogen-bond acceptors (Lipinski definition) is 1. The standard InChI is InChI=1S/C39H29N4/c1-41-33-20-18-24-10-4-6-12-26(24)35(33)29-15-8-14-28(37(29)41)32-22-23-40-39(43(32)3)31-17-9-16-30-36-27-13-7-5-11-25(27)19-21-34(36)42(2)38(30)31/h4-23H,1-3H3/q+1. The highest BCUT2D eigenvalue weighted by molar-refractivity contribution is 6.23. The maximum absolute atomic E-state index is 4.99. The zero-order chi connectivity index (χ0) is 28.8. The van der Waals surface area contributed by atoms with Crippen LogP contribution in [-0.2, 0) is 21.1 Å². The third kappa shape index (κ3) is 3.21. The maximum atomic E-state index is 4.99. The highest BCUT2D eigenvalue weighted by Gasteiger charge is 2.25. The van der Waals surface area contributed by atoms with Crippen molar-refractivity contribution >= 4 is 65.2 Å². The second-order valence-electron chi connectivity index (χ2n) is 11.6. The summed E-state index contributed by atoms with van der Waals surface area (Å²) in [5, 5.41) is 10.2. The predicted molar refractivity (Wildman–Crippen MR) is 179 cm³/mol. The van der Waals surface area contributed by atoms with Crippen LogP contribution in [0, 0.1) is 0 Å². The Bertz CT molecular complexity index is 2420. The van der Waals surface area contributed by atoms with E-state index >= 15 is 0 Å². The van der Waals surface area contributed by atoms with Gasteiger partial charge < -0.3 is 9.13 Å². The van der Waals surface area contributed by atoms with E-state index in [1.54, 1.807) is 0 Å². The molecule has 0 saturated carbocycles. The largest absolute Gasteiger partial charge is 0.343 e. The first-order valence-corrected chi connectivity index (χ1v) is 14.8. The van der Waals surface area contributed by atoms with Crippen LogP contribution in [0.15, 0.2) is 121 Å². The van der Waals surface area contributed by atoms with E-state index in [1.165, 1.54) is 70.7 Å². The Morgan fingerprint density at radius 1 is 0.512 bits per heavy atom. The Hall–Kier alpha value is -5.48. The van der Waals surface area contributed by atoms with Gasteiger partial charge in [-0.15, -0.1) is 0 Å². The number of nitrogens with zero attached hydrogens (tertiary/aromatic N) is 4. The van der Waals surface area contributed by atoms with Gasteiger partial charge in [0.05, 0.1) is 23.6 Å². The molecule has 4 nitrogen and oxygen atoms in total. The van der Waals surface area contributed by atoms with Crippen molar-refractivity contribution < 1.29 is 4.57 Å². The minimum Gasteiger partial charge on any atom is -0.343 e. The molecule has 3 aromatic heterocycles. The summed E-state index contributed by atoms with van der Waals surface area (Å²) < 4.78 is 6.94. The molecule has 0 bridgehead atoms. The first kappa shape index (κ1) is 24.2. The van der Waals surface area contributed by atoms with Crippen LogP contribution in [0.4, 0.5) is 0 Å². The molecule has 6 aromatic carbocycles. The molecule has 0 saturated heterocycles. The van der Waals surface area contributed by atoms with Crippen molar-refractivity contribution in [3.63, 3.8) is 0 Å². The quantitative estimate of drug-likeness (QED) is 0.197. The molecule has 9 aromatic rings. The Morgan fingerprint density at radius 3 is 1.63 bits per heavy atom. The Morgan fingerprint density at radius 2 is 1.02 bits per heavy atom. The van der Waals surface area contributed by atoms with E-state index in [2.05, 4.69) is 150 Å². The van der Waals surface area contributed by atoms with Gasteiger partial charge in [-0.05, 0) is 50.8 Å². The summed E-state index contributed by atoms with van der Waals surface area (Å²) in [7, 11) is 6.50. The second-order valence-corrected chi connectivity index (χ2v) is 11.6. The van der Waals surface area contributed by atoms with Gasteiger partial charge in [-0.1, -0.05) is 84.9 Å². The van der Waals surface area contributed by atoms with E-state index < -0.39 is 0 Å². The van der Waals surface area contributed by atoms with Gasteiger partial charge in [0.15, 0.2) is 0 Å². The molecule has 43 heavy (non-hydrogen) atoms. The van der Waals surface area contributed by atoms with Crippen molar-refractivity contribution in [1.82, 2.24) is 14.1 Å². The van der Waals surface area contributed by atoms with Crippen LogP contribution in [0.5, 0.6) is 0 Å². The second kappa shape index (κ2) is 8.76. The molecule has 0 amide bonds. The van der Waals surface area contributed by atoms with Gasteiger partial charge in [-0.2, -0.15) is 0 Å². The van der Waals surface area contributed by atoms with Crippen LogP contribution in [-0.4, -0.2) is 14.1 Å². The van der Waals surface area contributed by atoms with Crippen molar-refractivity contribution in [1.29, 1.82) is 0 Å². The van der Waals surface area contributed by atoms with E-state index in [0.29, 0.717) is 0 Å². The van der Waals surface area contributed by atoms with Gasteiger partial charge in [0, 0.05) is 58.3 Å². The fourth-order valence-corrected chi connectivity index (χ4v) is 7.50. The first-order valence-electron chi connectivity index (χ1n) is 14.8. The number of aryl methyl sites for hydroxylation is 2. The number of para-hydroxylation sites is 2. The molecule has 0 aliphatic carbocycles. The van der Waals surface area contributed by atoms with E-state index in [1.807, 2.05) is 6.20 Å². The van der Waals surface area contributed by atoms with Gasteiger partial charge >= 0.3 is 5.82 Å². The van der Waals surface area contributed by atoms with Gasteiger partial charge in [-0.3, -0.25) is 0 Å². The molecular formula is C39H29N4+. The summed E-state index contributed by atoms with van der Waals surface area (Å²) >= 11 is 0. The average Bonchev–Trinajstić information content (AvgIpc) is 3.52. The summed E-state index contributed by atoms with van der Waals surface area (Å²) in [4.78, 5) is 4.99. The summed E-state index contributed by atoms with van der Waals surface area (Å²) in [6.07, 6.45) is 1.96. The first-order chi connectivity index (χ1) is 21.1. The van der Waals surface area contributed by atoms with Crippen molar-refractivity contribution in [3.05, 3.63) is 121 Å². The smallest absolute Gasteiger partial charge is 0.332 e. The summed E-state index contributed by atoms with van der Waals surface area (Å²) in [6.45, 7) is 0. The lowest BCUT2D eigenvalue weighted by atomic mass is 10.0. The molecule has 0 spiro atoms. The molecule has 0 unspecified atom stereocenters. The topological polar surface area (TPSA) is 26.6 Å². The average molecular weight is 554 g/mol. The summed E-state index contributed by atoms with van der Waals surface area (Å²) in [6, 6.07) is 41.8. The minimum atomic E-state index is 0.944. The molecule has 0 aliphatic heterocycles. The number of benzene rings is 6. The number of aromatic nitrogens is 4. The monoisotopic (exact) mass is 553 g/mol. The van der Waals surface area contributed by atoms with Crippen LogP contribution in [0.25, 0.3) is 87.8 Å². The van der Waals surface area contributed by atoms with Crippen molar-refractivity contribution in [2.24, 2.45) is 21.1 Å². The molecule has 0 aliphatic rings. The third-order valence-electron chi connectivity index (χ3n) is 9.44. The van der Waals surface area contributed by atoms with E-state index in [4.69, 9.17) is 4.98 Å². The molecule has 0 N–H and O–H groups in total. The van der Waals surface area contributed by atoms with Crippen LogP contribution in [0.3, 0.4) is 0 Å². The third-order valence-corrected chi connectivity index (χ3v) is 9.44. The van der Waals surface area contributed by atoms with Crippen molar-refractivity contribution in [2.75, 3.05) is 0 Å². The Kier molecular flexibility index (Phi) is 4.92. The van der Waals surface area contributed by atoms with Gasteiger partial charge in [0.2, 0.25) is 0 Å². The lowest BCUT2D eigenvalue weighted by molar-refractivity contribution is -0.651. The lowest BCUT2D eigenvalue weighted by Crippen LogP contribution is -2.35.